The van der Waals surface area contributed by atoms with Gasteiger partial charge in [-0.3, -0.25) is 9.79 Å². The second-order valence-electron chi connectivity index (χ2n) is 7.85. The van der Waals surface area contributed by atoms with Crippen molar-refractivity contribution in [2.24, 2.45) is 4.99 Å². The maximum atomic E-state index is 13.0. The summed E-state index contributed by atoms with van der Waals surface area (Å²) in [6, 6.07) is 11.0. The van der Waals surface area contributed by atoms with Crippen LogP contribution in [0.25, 0.3) is 0 Å². The van der Waals surface area contributed by atoms with Gasteiger partial charge in [0.25, 0.3) is 0 Å². The summed E-state index contributed by atoms with van der Waals surface area (Å²) < 4.78 is 68.3. The smallest absolute Gasteiger partial charge is 0.416 e. The van der Waals surface area contributed by atoms with Gasteiger partial charge >= 0.3 is 6.18 Å². The maximum absolute atomic E-state index is 13.0. The number of amidine groups is 1. The van der Waals surface area contributed by atoms with Crippen molar-refractivity contribution < 1.29 is 31.1 Å². The fourth-order valence-electron chi connectivity index (χ4n) is 3.75. The number of aliphatic imine (C=N–C) groups is 1. The number of thioether (sulfide) groups is 1. The van der Waals surface area contributed by atoms with Crippen LogP contribution in [0.2, 0.25) is 0 Å². The van der Waals surface area contributed by atoms with E-state index in [0.29, 0.717) is 23.2 Å². The molecule has 0 spiro atoms. The van der Waals surface area contributed by atoms with Gasteiger partial charge in [-0.25, -0.2) is 8.42 Å². The van der Waals surface area contributed by atoms with Crippen molar-refractivity contribution in [3.05, 3.63) is 54.1 Å². The molecule has 182 valence electrons. The average Bonchev–Trinajstić information content (AvgIpc) is 3.26. The minimum Gasteiger partial charge on any atom is -0.494 e. The van der Waals surface area contributed by atoms with Gasteiger partial charge in [0.1, 0.15) is 12.3 Å². The highest BCUT2D eigenvalue weighted by molar-refractivity contribution is 8.15. The Morgan fingerprint density at radius 1 is 1.21 bits per heavy atom. The van der Waals surface area contributed by atoms with Gasteiger partial charge in [0.2, 0.25) is 5.91 Å². The molecule has 12 heteroatoms. The maximum Gasteiger partial charge on any atom is 0.416 e. The van der Waals surface area contributed by atoms with E-state index in [0.717, 1.165) is 12.1 Å². The third-order valence-electron chi connectivity index (χ3n) is 5.27. The molecule has 4 rings (SSSR count). The second kappa shape index (κ2) is 9.49. The number of amides is 1. The molecule has 0 bridgehead atoms. The summed E-state index contributed by atoms with van der Waals surface area (Å²) >= 11 is 1.29. The molecule has 2 aliphatic rings. The van der Waals surface area contributed by atoms with E-state index in [9.17, 15) is 26.4 Å². The van der Waals surface area contributed by atoms with Crippen LogP contribution in [0.5, 0.6) is 5.75 Å². The summed E-state index contributed by atoms with van der Waals surface area (Å²) in [7, 11) is -3.15. The number of fused-ring (bicyclic) bond motifs is 1. The number of alkyl halides is 3. The Kier molecular flexibility index (Phi) is 6.81. The standard InChI is InChI=1S/C22H22F3N3O4S2/c1-2-32-17-8-6-16(7-9-17)28(21-27-18-12-34(30,31)13-19(18)33-21)11-20(29)26-15-5-3-4-14(10-15)22(23,24)25/h3-10,18-19H,2,11-13H2,1H3,(H,26,29)/t18-,19-/m0/s1. The third-order valence-corrected chi connectivity index (χ3v) is 8.52. The predicted molar refractivity (Wildman–Crippen MR) is 126 cm³/mol. The molecule has 0 saturated carbocycles. The summed E-state index contributed by atoms with van der Waals surface area (Å²) in [6.07, 6.45) is -4.53. The summed E-state index contributed by atoms with van der Waals surface area (Å²) in [6.45, 7) is 2.13. The van der Waals surface area contributed by atoms with Crippen LogP contribution in [0.3, 0.4) is 0 Å². The molecule has 1 N–H and O–H groups in total. The van der Waals surface area contributed by atoms with E-state index in [1.165, 1.54) is 23.9 Å². The molecular formula is C22H22F3N3O4S2. The number of nitrogens with zero attached hydrogens (tertiary/aromatic N) is 2. The van der Waals surface area contributed by atoms with Crippen molar-refractivity contribution in [1.29, 1.82) is 0 Å². The second-order valence-corrected chi connectivity index (χ2v) is 11.2. The SMILES string of the molecule is CCOc1ccc(N(CC(=O)Nc2cccc(C(F)(F)F)c2)C2=N[C@H]3CS(=O)(=O)C[C@@H]3S2)cc1. The molecule has 2 heterocycles. The van der Waals surface area contributed by atoms with Gasteiger partial charge < -0.3 is 15.0 Å². The summed E-state index contributed by atoms with van der Waals surface area (Å²) in [4.78, 5) is 19.0. The van der Waals surface area contributed by atoms with Gasteiger partial charge in [-0.2, -0.15) is 13.2 Å². The van der Waals surface area contributed by atoms with Crippen molar-refractivity contribution in [2.75, 3.05) is 34.9 Å². The number of benzene rings is 2. The molecule has 1 amide bonds. The van der Waals surface area contributed by atoms with Crippen molar-refractivity contribution in [2.45, 2.75) is 24.4 Å². The van der Waals surface area contributed by atoms with Crippen molar-refractivity contribution in [3.8, 4) is 5.75 Å². The Bertz CT molecular complexity index is 1200. The van der Waals surface area contributed by atoms with Crippen LogP contribution < -0.4 is 15.0 Å². The molecule has 0 aliphatic carbocycles. The Morgan fingerprint density at radius 3 is 2.59 bits per heavy atom. The van der Waals surface area contributed by atoms with Gasteiger partial charge in [-0.05, 0) is 49.4 Å². The van der Waals surface area contributed by atoms with Crippen LogP contribution >= 0.6 is 11.8 Å². The molecule has 0 aromatic heterocycles. The Hall–Kier alpha value is -2.73. The molecule has 2 atom stereocenters. The molecule has 2 aromatic rings. The Morgan fingerprint density at radius 2 is 1.94 bits per heavy atom. The molecule has 34 heavy (non-hydrogen) atoms. The number of carbonyl (C=O) groups is 1. The fourth-order valence-corrected chi connectivity index (χ4v) is 7.53. The minimum atomic E-state index is -4.53. The molecule has 1 saturated heterocycles. The van der Waals surface area contributed by atoms with E-state index in [2.05, 4.69) is 10.3 Å². The summed E-state index contributed by atoms with van der Waals surface area (Å²) in [5.74, 6) is 0.0784. The molecule has 1 fully saturated rings. The van der Waals surface area contributed by atoms with Gasteiger partial charge in [0.15, 0.2) is 15.0 Å². The number of hydrogen-bond donors (Lipinski definition) is 1. The number of ether oxygens (including phenoxy) is 1. The monoisotopic (exact) mass is 513 g/mol. The topological polar surface area (TPSA) is 88.1 Å². The molecular weight excluding hydrogens is 491 g/mol. The normalized spacial score (nSPS) is 21.0. The predicted octanol–water partition coefficient (Wildman–Crippen LogP) is 3.82. The van der Waals surface area contributed by atoms with Crippen molar-refractivity contribution in [1.82, 2.24) is 0 Å². The number of halogens is 3. The van der Waals surface area contributed by atoms with Crippen LogP contribution in [0.1, 0.15) is 12.5 Å². The number of hydrogen-bond acceptors (Lipinski definition) is 7. The fraction of sp³-hybridized carbons (Fsp3) is 0.364. The van der Waals surface area contributed by atoms with E-state index in [1.807, 2.05) is 6.92 Å². The van der Waals surface area contributed by atoms with Crippen molar-refractivity contribution in [3.63, 3.8) is 0 Å². The van der Waals surface area contributed by atoms with E-state index in [1.54, 1.807) is 29.2 Å². The van der Waals surface area contributed by atoms with Crippen molar-refractivity contribution >= 4 is 44.0 Å². The highest BCUT2D eigenvalue weighted by Gasteiger charge is 2.44. The number of anilines is 2. The van der Waals surface area contributed by atoms with Crippen LogP contribution in [-0.4, -0.2) is 55.4 Å². The van der Waals surface area contributed by atoms with Crippen LogP contribution in [0.15, 0.2) is 53.5 Å². The first-order valence-corrected chi connectivity index (χ1v) is 13.2. The average molecular weight is 514 g/mol. The molecule has 2 aliphatic heterocycles. The zero-order valence-electron chi connectivity index (χ0n) is 18.1. The van der Waals surface area contributed by atoms with Gasteiger partial charge in [0, 0.05) is 16.6 Å². The lowest BCUT2D eigenvalue weighted by atomic mass is 10.2. The zero-order chi connectivity index (χ0) is 24.5. The third kappa shape index (κ3) is 5.66. The first-order chi connectivity index (χ1) is 16.0. The molecule has 0 unspecified atom stereocenters. The zero-order valence-corrected chi connectivity index (χ0v) is 19.7. The highest BCUT2D eigenvalue weighted by atomic mass is 32.2. The lowest BCUT2D eigenvalue weighted by Gasteiger charge is -2.24. The van der Waals surface area contributed by atoms with E-state index < -0.39 is 27.5 Å². The molecule has 7 nitrogen and oxygen atoms in total. The first kappa shape index (κ1) is 24.4. The summed E-state index contributed by atoms with van der Waals surface area (Å²) in [5, 5.41) is 2.78. The highest BCUT2D eigenvalue weighted by Crippen LogP contribution is 2.37. The minimum absolute atomic E-state index is 0.0167. The van der Waals surface area contributed by atoms with Crippen LogP contribution in [-0.2, 0) is 20.8 Å². The van der Waals surface area contributed by atoms with Gasteiger partial charge in [0.05, 0.1) is 29.7 Å². The molecule has 0 radical (unpaired) electrons. The first-order valence-electron chi connectivity index (χ1n) is 10.5. The number of carbonyl (C=O) groups excluding carboxylic acids is 1. The quantitative estimate of drug-likeness (QED) is 0.632. The lowest BCUT2D eigenvalue weighted by Crippen LogP contribution is -2.36. The van der Waals surface area contributed by atoms with E-state index in [-0.39, 0.29) is 35.0 Å². The Labute approximate surface area is 199 Å². The van der Waals surface area contributed by atoms with Crippen LogP contribution in [0, 0.1) is 0 Å². The van der Waals surface area contributed by atoms with E-state index >= 15 is 0 Å². The van der Waals surface area contributed by atoms with Gasteiger partial charge in [-0.15, -0.1) is 0 Å². The largest absolute Gasteiger partial charge is 0.494 e. The van der Waals surface area contributed by atoms with Crippen LogP contribution in [0.4, 0.5) is 24.5 Å². The number of nitrogens with one attached hydrogen (secondary N) is 1. The lowest BCUT2D eigenvalue weighted by molar-refractivity contribution is -0.137. The Balaban J connectivity index is 1.56. The van der Waals surface area contributed by atoms with Gasteiger partial charge in [-0.1, -0.05) is 17.8 Å². The number of rotatable bonds is 6. The van der Waals surface area contributed by atoms with E-state index in [4.69, 9.17) is 4.74 Å². The summed E-state index contributed by atoms with van der Waals surface area (Å²) in [5.41, 5.74) is -0.217. The number of sulfone groups is 1. The molecule has 2 aromatic carbocycles.